The lowest BCUT2D eigenvalue weighted by Crippen LogP contribution is -2.12. The van der Waals surface area contributed by atoms with E-state index in [1.54, 1.807) is 48.8 Å². The number of carbonyl (C=O) groups excluding carboxylic acids is 1. The molecule has 0 aliphatic carbocycles. The molecule has 0 fully saturated rings. The van der Waals surface area contributed by atoms with E-state index in [4.69, 9.17) is 17.3 Å². The molecule has 104 valence electrons. The maximum Gasteiger partial charge on any atom is 0.255 e. The molecule has 1 aromatic heterocycles. The zero-order valence-electron chi connectivity index (χ0n) is 10.9. The van der Waals surface area contributed by atoms with Gasteiger partial charge in [0.2, 0.25) is 0 Å². The largest absolute Gasteiger partial charge is 0.398 e. The molecule has 3 aromatic rings. The van der Waals surface area contributed by atoms with Crippen LogP contribution in [0, 0.1) is 0 Å². The van der Waals surface area contributed by atoms with Crippen LogP contribution in [0.1, 0.15) is 10.4 Å². The minimum Gasteiger partial charge on any atom is -0.398 e. The van der Waals surface area contributed by atoms with Gasteiger partial charge in [-0.1, -0.05) is 11.6 Å². The molecule has 0 aliphatic rings. The van der Waals surface area contributed by atoms with Crippen LogP contribution in [0.15, 0.2) is 48.8 Å². The van der Waals surface area contributed by atoms with Gasteiger partial charge >= 0.3 is 0 Å². The molecule has 0 atom stereocenters. The lowest BCUT2D eigenvalue weighted by Gasteiger charge is -2.07. The van der Waals surface area contributed by atoms with Crippen molar-refractivity contribution in [3.05, 3.63) is 59.4 Å². The number of halogens is 1. The summed E-state index contributed by atoms with van der Waals surface area (Å²) in [6, 6.07) is 10.1. The maximum absolute atomic E-state index is 12.2. The van der Waals surface area contributed by atoms with Crippen molar-refractivity contribution >= 4 is 39.9 Å². The Balaban J connectivity index is 1.87. The SMILES string of the molecule is Nc1cc(C(=O)Nc2ccc3nccnc3c2)ccc1Cl. The molecule has 0 aliphatic heterocycles. The zero-order valence-corrected chi connectivity index (χ0v) is 11.6. The molecule has 2 aromatic carbocycles. The van der Waals surface area contributed by atoms with Crippen LogP contribution in [0.4, 0.5) is 11.4 Å². The molecule has 3 N–H and O–H groups in total. The number of nitrogens with zero attached hydrogens (tertiary/aromatic N) is 2. The second-order valence-electron chi connectivity index (χ2n) is 4.45. The number of hydrogen-bond acceptors (Lipinski definition) is 4. The van der Waals surface area contributed by atoms with Crippen LogP contribution < -0.4 is 11.1 Å². The third-order valence-electron chi connectivity index (χ3n) is 2.99. The zero-order chi connectivity index (χ0) is 14.8. The van der Waals surface area contributed by atoms with E-state index in [0.29, 0.717) is 27.5 Å². The Labute approximate surface area is 125 Å². The summed E-state index contributed by atoms with van der Waals surface area (Å²) in [4.78, 5) is 20.5. The normalized spacial score (nSPS) is 10.5. The van der Waals surface area contributed by atoms with Crippen molar-refractivity contribution in [3.8, 4) is 0 Å². The topological polar surface area (TPSA) is 80.9 Å². The van der Waals surface area contributed by atoms with Gasteiger partial charge in [0.15, 0.2) is 0 Å². The first kappa shape index (κ1) is 13.3. The number of hydrogen-bond donors (Lipinski definition) is 2. The summed E-state index contributed by atoms with van der Waals surface area (Å²) in [6.07, 6.45) is 3.23. The van der Waals surface area contributed by atoms with Crippen molar-refractivity contribution in [2.24, 2.45) is 0 Å². The molecular formula is C15H11ClN4O. The number of rotatable bonds is 2. The van der Waals surface area contributed by atoms with E-state index in [-0.39, 0.29) is 5.91 Å². The molecule has 6 heteroatoms. The van der Waals surface area contributed by atoms with Crippen molar-refractivity contribution in [3.63, 3.8) is 0 Å². The summed E-state index contributed by atoms with van der Waals surface area (Å²) in [6.45, 7) is 0. The number of nitrogens with one attached hydrogen (secondary N) is 1. The third kappa shape index (κ3) is 2.78. The number of aromatic nitrogens is 2. The van der Waals surface area contributed by atoms with Crippen LogP contribution >= 0.6 is 11.6 Å². The predicted octanol–water partition coefficient (Wildman–Crippen LogP) is 3.12. The van der Waals surface area contributed by atoms with Crippen LogP contribution in [-0.2, 0) is 0 Å². The highest BCUT2D eigenvalue weighted by atomic mass is 35.5. The van der Waals surface area contributed by atoms with E-state index in [2.05, 4.69) is 15.3 Å². The van der Waals surface area contributed by atoms with E-state index in [0.717, 1.165) is 5.52 Å². The maximum atomic E-state index is 12.2. The molecule has 3 rings (SSSR count). The monoisotopic (exact) mass is 298 g/mol. The van der Waals surface area contributed by atoms with Gasteiger partial charge in [-0.2, -0.15) is 0 Å². The first-order valence-corrected chi connectivity index (χ1v) is 6.58. The molecule has 0 spiro atoms. The van der Waals surface area contributed by atoms with Crippen LogP contribution in [-0.4, -0.2) is 15.9 Å². The predicted molar refractivity (Wildman–Crippen MR) is 83.4 cm³/mol. The van der Waals surface area contributed by atoms with Gasteiger partial charge in [0.25, 0.3) is 5.91 Å². The smallest absolute Gasteiger partial charge is 0.255 e. The van der Waals surface area contributed by atoms with Gasteiger partial charge in [-0.05, 0) is 36.4 Å². The number of benzene rings is 2. The number of fused-ring (bicyclic) bond motifs is 1. The Bertz CT molecular complexity index is 835. The van der Waals surface area contributed by atoms with Crippen molar-refractivity contribution in [2.75, 3.05) is 11.1 Å². The Morgan fingerprint density at radius 1 is 1.05 bits per heavy atom. The Kier molecular flexibility index (Phi) is 3.41. The number of anilines is 2. The molecule has 0 bridgehead atoms. The van der Waals surface area contributed by atoms with Crippen molar-refractivity contribution in [1.82, 2.24) is 9.97 Å². The lowest BCUT2D eigenvalue weighted by molar-refractivity contribution is 0.102. The second kappa shape index (κ2) is 5.38. The summed E-state index contributed by atoms with van der Waals surface area (Å²) in [7, 11) is 0. The fraction of sp³-hybridized carbons (Fsp3) is 0. The van der Waals surface area contributed by atoms with Crippen LogP contribution in [0.5, 0.6) is 0 Å². The summed E-state index contributed by atoms with van der Waals surface area (Å²) in [5.41, 5.74) is 8.63. The van der Waals surface area contributed by atoms with Gasteiger partial charge in [0.1, 0.15) is 0 Å². The van der Waals surface area contributed by atoms with E-state index in [1.165, 1.54) is 0 Å². The summed E-state index contributed by atoms with van der Waals surface area (Å²) >= 11 is 5.84. The first-order chi connectivity index (χ1) is 10.1. The highest BCUT2D eigenvalue weighted by Gasteiger charge is 2.08. The van der Waals surface area contributed by atoms with Gasteiger partial charge in [-0.25, -0.2) is 0 Å². The molecular weight excluding hydrogens is 288 g/mol. The average Bonchev–Trinajstić information content (AvgIpc) is 2.50. The molecule has 1 heterocycles. The molecule has 21 heavy (non-hydrogen) atoms. The van der Waals surface area contributed by atoms with Crippen molar-refractivity contribution in [2.45, 2.75) is 0 Å². The molecule has 0 unspecified atom stereocenters. The summed E-state index contributed by atoms with van der Waals surface area (Å²) in [5.74, 6) is -0.262. The second-order valence-corrected chi connectivity index (χ2v) is 4.86. The van der Waals surface area contributed by atoms with E-state index in [9.17, 15) is 4.79 Å². The molecule has 0 saturated heterocycles. The van der Waals surface area contributed by atoms with Crippen LogP contribution in [0.25, 0.3) is 11.0 Å². The number of nitrogen functional groups attached to an aromatic ring is 1. The Morgan fingerprint density at radius 3 is 2.57 bits per heavy atom. The minimum absolute atomic E-state index is 0.262. The molecule has 5 nitrogen and oxygen atoms in total. The van der Waals surface area contributed by atoms with Crippen LogP contribution in [0.3, 0.4) is 0 Å². The molecule has 1 amide bonds. The Hall–Kier alpha value is -2.66. The number of nitrogens with two attached hydrogens (primary N) is 1. The number of carbonyl (C=O) groups is 1. The Morgan fingerprint density at radius 2 is 1.81 bits per heavy atom. The van der Waals surface area contributed by atoms with Gasteiger partial charge in [-0.15, -0.1) is 0 Å². The minimum atomic E-state index is -0.262. The van der Waals surface area contributed by atoms with Gasteiger partial charge in [-0.3, -0.25) is 14.8 Å². The van der Waals surface area contributed by atoms with E-state index in [1.807, 2.05) is 0 Å². The summed E-state index contributed by atoms with van der Waals surface area (Å²) < 4.78 is 0. The standard InChI is InChI=1S/C15H11ClN4O/c16-11-3-1-9(7-12(11)17)15(21)20-10-2-4-13-14(8-10)19-6-5-18-13/h1-8H,17H2,(H,20,21). The highest BCUT2D eigenvalue weighted by molar-refractivity contribution is 6.33. The lowest BCUT2D eigenvalue weighted by atomic mass is 10.2. The van der Waals surface area contributed by atoms with E-state index >= 15 is 0 Å². The van der Waals surface area contributed by atoms with Gasteiger partial charge in [0, 0.05) is 23.6 Å². The third-order valence-corrected chi connectivity index (χ3v) is 3.33. The van der Waals surface area contributed by atoms with Crippen LogP contribution in [0.2, 0.25) is 5.02 Å². The van der Waals surface area contributed by atoms with Gasteiger partial charge in [0.05, 0.1) is 21.7 Å². The average molecular weight is 299 g/mol. The molecule has 0 radical (unpaired) electrons. The fourth-order valence-corrected chi connectivity index (χ4v) is 2.05. The molecule has 0 saturated carbocycles. The van der Waals surface area contributed by atoms with Gasteiger partial charge < -0.3 is 11.1 Å². The summed E-state index contributed by atoms with van der Waals surface area (Å²) in [5, 5.41) is 3.22. The highest BCUT2D eigenvalue weighted by Crippen LogP contribution is 2.21. The number of amides is 1. The quantitative estimate of drug-likeness (QED) is 0.712. The van der Waals surface area contributed by atoms with E-state index < -0.39 is 0 Å². The first-order valence-electron chi connectivity index (χ1n) is 6.20. The fourth-order valence-electron chi connectivity index (χ4n) is 1.93. The van der Waals surface area contributed by atoms with Crippen molar-refractivity contribution in [1.29, 1.82) is 0 Å². The van der Waals surface area contributed by atoms with Crippen molar-refractivity contribution < 1.29 is 4.79 Å².